The molecule has 134 valence electrons. The Morgan fingerprint density at radius 2 is 1.78 bits per heavy atom. The molecule has 0 saturated heterocycles. The molecule has 4 aromatic rings. The molecule has 1 amide bonds. The number of carbonyl (C=O) groups is 1. The number of aromatic nitrogens is 2. The average molecular weight is 380 g/mol. The Bertz CT molecular complexity index is 1100. The first-order valence-electron chi connectivity index (χ1n) is 8.35. The van der Waals surface area contributed by atoms with E-state index >= 15 is 0 Å². The van der Waals surface area contributed by atoms with Crippen LogP contribution in [0.25, 0.3) is 10.9 Å². The number of benzene rings is 3. The van der Waals surface area contributed by atoms with Crippen molar-refractivity contribution in [2.75, 3.05) is 5.32 Å². The largest absolute Gasteiger partial charge is 0.322 e. The Labute approximate surface area is 160 Å². The van der Waals surface area contributed by atoms with Crippen LogP contribution in [0.15, 0.2) is 72.9 Å². The molecule has 0 unspecified atom stereocenters. The highest BCUT2D eigenvalue weighted by atomic mass is 35.5. The SMILES string of the molecule is O=C(Nc1ccc(F)cc1)c1ccc2cnn(Cc3ccc(Cl)cc3)c2c1. The van der Waals surface area contributed by atoms with E-state index in [-0.39, 0.29) is 11.7 Å². The molecule has 27 heavy (non-hydrogen) atoms. The molecule has 0 aliphatic heterocycles. The van der Waals surface area contributed by atoms with E-state index in [1.165, 1.54) is 24.3 Å². The monoisotopic (exact) mass is 379 g/mol. The van der Waals surface area contributed by atoms with Gasteiger partial charge in [0.05, 0.1) is 18.3 Å². The summed E-state index contributed by atoms with van der Waals surface area (Å²) in [7, 11) is 0. The minimum absolute atomic E-state index is 0.261. The molecule has 0 aliphatic rings. The Morgan fingerprint density at radius 1 is 1.04 bits per heavy atom. The van der Waals surface area contributed by atoms with Gasteiger partial charge in [-0.2, -0.15) is 5.10 Å². The van der Waals surface area contributed by atoms with E-state index in [0.717, 1.165) is 16.5 Å². The Kier molecular flexibility index (Phi) is 4.60. The first kappa shape index (κ1) is 17.2. The topological polar surface area (TPSA) is 46.9 Å². The fourth-order valence-electron chi connectivity index (χ4n) is 2.84. The zero-order valence-electron chi connectivity index (χ0n) is 14.2. The summed E-state index contributed by atoms with van der Waals surface area (Å²) < 4.78 is 14.8. The molecule has 3 aromatic carbocycles. The number of rotatable bonds is 4. The molecule has 6 heteroatoms. The second-order valence-corrected chi connectivity index (χ2v) is 6.60. The standard InChI is InChI=1S/C21H15ClFN3O/c22-17-5-1-14(2-6-17)13-26-20-11-15(3-4-16(20)12-24-26)21(27)25-19-9-7-18(23)8-10-19/h1-12H,13H2,(H,25,27). The predicted molar refractivity (Wildman–Crippen MR) is 105 cm³/mol. The maximum atomic E-state index is 13.0. The van der Waals surface area contributed by atoms with E-state index in [4.69, 9.17) is 11.6 Å². The summed E-state index contributed by atoms with van der Waals surface area (Å²) in [6.45, 7) is 0.573. The average Bonchev–Trinajstić information content (AvgIpc) is 3.07. The molecule has 4 rings (SSSR count). The second-order valence-electron chi connectivity index (χ2n) is 6.16. The second kappa shape index (κ2) is 7.21. The van der Waals surface area contributed by atoms with E-state index in [1.807, 2.05) is 35.0 Å². The molecule has 1 aromatic heterocycles. The van der Waals surface area contributed by atoms with E-state index in [2.05, 4.69) is 10.4 Å². The third-order valence-electron chi connectivity index (χ3n) is 4.25. The molecule has 0 bridgehead atoms. The van der Waals surface area contributed by atoms with Crippen molar-refractivity contribution >= 4 is 34.1 Å². The van der Waals surface area contributed by atoms with Crippen LogP contribution in [0.2, 0.25) is 5.02 Å². The summed E-state index contributed by atoms with van der Waals surface area (Å²) >= 11 is 5.93. The Morgan fingerprint density at radius 3 is 2.52 bits per heavy atom. The van der Waals surface area contributed by atoms with Crippen molar-refractivity contribution in [1.82, 2.24) is 9.78 Å². The normalized spacial score (nSPS) is 10.9. The van der Waals surface area contributed by atoms with E-state index < -0.39 is 0 Å². The van der Waals surface area contributed by atoms with Crippen LogP contribution in [0.1, 0.15) is 15.9 Å². The smallest absolute Gasteiger partial charge is 0.255 e. The van der Waals surface area contributed by atoms with Crippen LogP contribution in [-0.4, -0.2) is 15.7 Å². The molecule has 0 radical (unpaired) electrons. The highest BCUT2D eigenvalue weighted by Gasteiger charge is 2.10. The van der Waals surface area contributed by atoms with Crippen LogP contribution < -0.4 is 5.32 Å². The van der Waals surface area contributed by atoms with Gasteiger partial charge in [0.2, 0.25) is 0 Å². The summed E-state index contributed by atoms with van der Waals surface area (Å²) in [6.07, 6.45) is 1.77. The first-order chi connectivity index (χ1) is 13.1. The zero-order chi connectivity index (χ0) is 18.8. The fraction of sp³-hybridized carbons (Fsp3) is 0.0476. The van der Waals surface area contributed by atoms with Crippen molar-refractivity contribution in [3.8, 4) is 0 Å². The molecule has 0 aliphatic carbocycles. The summed E-state index contributed by atoms with van der Waals surface area (Å²) in [5, 5.41) is 8.82. The molecule has 4 nitrogen and oxygen atoms in total. The quantitative estimate of drug-likeness (QED) is 0.534. The van der Waals surface area contributed by atoms with E-state index in [1.54, 1.807) is 18.3 Å². The number of carbonyl (C=O) groups excluding carboxylic acids is 1. The van der Waals surface area contributed by atoms with Gasteiger partial charge < -0.3 is 5.32 Å². The van der Waals surface area contributed by atoms with Crippen LogP contribution >= 0.6 is 11.6 Å². The Hall–Kier alpha value is -3.18. The van der Waals surface area contributed by atoms with Gasteiger partial charge in [0.15, 0.2) is 0 Å². The number of hydrogen-bond donors (Lipinski definition) is 1. The van der Waals surface area contributed by atoms with Crippen molar-refractivity contribution in [2.45, 2.75) is 6.54 Å². The van der Waals surface area contributed by atoms with Gasteiger partial charge in [-0.1, -0.05) is 29.8 Å². The Balaban J connectivity index is 1.60. The maximum absolute atomic E-state index is 13.0. The maximum Gasteiger partial charge on any atom is 0.255 e. The van der Waals surface area contributed by atoms with Crippen LogP contribution in [-0.2, 0) is 6.54 Å². The summed E-state index contributed by atoms with van der Waals surface area (Å²) in [4.78, 5) is 12.5. The molecule has 0 fully saturated rings. The molecular formula is C21H15ClFN3O. The fourth-order valence-corrected chi connectivity index (χ4v) is 2.96. The van der Waals surface area contributed by atoms with Crippen molar-refractivity contribution < 1.29 is 9.18 Å². The van der Waals surface area contributed by atoms with Crippen LogP contribution in [0, 0.1) is 5.82 Å². The summed E-state index contributed by atoms with van der Waals surface area (Å²) in [5.74, 6) is -0.608. The van der Waals surface area contributed by atoms with Gasteiger partial charge in [-0.3, -0.25) is 9.48 Å². The van der Waals surface area contributed by atoms with E-state index in [0.29, 0.717) is 22.8 Å². The van der Waals surface area contributed by atoms with Crippen molar-refractivity contribution in [1.29, 1.82) is 0 Å². The molecule has 0 spiro atoms. The molecule has 0 atom stereocenters. The molecule has 0 saturated carbocycles. The third kappa shape index (κ3) is 3.83. The number of nitrogens with one attached hydrogen (secondary N) is 1. The number of anilines is 1. The van der Waals surface area contributed by atoms with Crippen molar-refractivity contribution in [3.63, 3.8) is 0 Å². The molecule has 1 N–H and O–H groups in total. The number of halogens is 2. The minimum Gasteiger partial charge on any atom is -0.322 e. The van der Waals surface area contributed by atoms with Gasteiger partial charge >= 0.3 is 0 Å². The lowest BCUT2D eigenvalue weighted by atomic mass is 10.1. The zero-order valence-corrected chi connectivity index (χ0v) is 14.9. The van der Waals surface area contributed by atoms with Gasteiger partial charge in [0.1, 0.15) is 5.82 Å². The lowest BCUT2D eigenvalue weighted by Crippen LogP contribution is -2.12. The van der Waals surface area contributed by atoms with Gasteiger partial charge in [-0.25, -0.2) is 4.39 Å². The van der Waals surface area contributed by atoms with Crippen molar-refractivity contribution in [3.05, 3.63) is 94.9 Å². The first-order valence-corrected chi connectivity index (χ1v) is 8.73. The highest BCUT2D eigenvalue weighted by Crippen LogP contribution is 2.19. The predicted octanol–water partition coefficient (Wildman–Crippen LogP) is 5.13. The van der Waals surface area contributed by atoms with Crippen LogP contribution in [0.3, 0.4) is 0 Å². The van der Waals surface area contributed by atoms with E-state index in [9.17, 15) is 9.18 Å². The van der Waals surface area contributed by atoms with Gasteiger partial charge in [0, 0.05) is 21.7 Å². The molecular weight excluding hydrogens is 365 g/mol. The number of fused-ring (bicyclic) bond motifs is 1. The highest BCUT2D eigenvalue weighted by molar-refractivity contribution is 6.30. The summed E-state index contributed by atoms with van der Waals surface area (Å²) in [6, 6.07) is 18.6. The van der Waals surface area contributed by atoms with Crippen molar-refractivity contribution in [2.24, 2.45) is 0 Å². The summed E-state index contributed by atoms with van der Waals surface area (Å²) in [5.41, 5.74) is 2.96. The minimum atomic E-state index is -0.347. The molecule has 1 heterocycles. The van der Waals surface area contributed by atoms with Crippen LogP contribution in [0.4, 0.5) is 10.1 Å². The number of amides is 1. The van der Waals surface area contributed by atoms with Gasteiger partial charge in [-0.15, -0.1) is 0 Å². The number of hydrogen-bond acceptors (Lipinski definition) is 2. The third-order valence-corrected chi connectivity index (χ3v) is 4.51. The number of nitrogens with zero attached hydrogens (tertiary/aromatic N) is 2. The van der Waals surface area contributed by atoms with Crippen LogP contribution in [0.5, 0.6) is 0 Å². The van der Waals surface area contributed by atoms with Gasteiger partial charge in [-0.05, 0) is 54.1 Å². The lowest BCUT2D eigenvalue weighted by molar-refractivity contribution is 0.102. The van der Waals surface area contributed by atoms with Gasteiger partial charge in [0.25, 0.3) is 5.91 Å². The lowest BCUT2D eigenvalue weighted by Gasteiger charge is -2.07.